The molecule has 0 spiro atoms. The van der Waals surface area contributed by atoms with Crippen LogP contribution in [0.25, 0.3) is 0 Å². The van der Waals surface area contributed by atoms with Gasteiger partial charge >= 0.3 is 0 Å². The van der Waals surface area contributed by atoms with Gasteiger partial charge < -0.3 is 10.2 Å². The van der Waals surface area contributed by atoms with E-state index in [0.717, 1.165) is 5.56 Å². The summed E-state index contributed by atoms with van der Waals surface area (Å²) in [4.78, 5) is 27.8. The maximum atomic E-state index is 12.2. The molecule has 1 N–H and O–H groups in total. The first-order valence-electron chi connectivity index (χ1n) is 7.89. The predicted molar refractivity (Wildman–Crippen MR) is 93.3 cm³/mol. The second kappa shape index (κ2) is 9.53. The van der Waals surface area contributed by atoms with Gasteiger partial charge in [-0.25, -0.2) is 0 Å². The minimum Gasteiger partial charge on any atom is -0.351 e. The largest absolute Gasteiger partial charge is 0.351 e. The van der Waals surface area contributed by atoms with Gasteiger partial charge in [0.05, 0.1) is 12.6 Å². The normalized spacial score (nSPS) is 12.1. The third kappa shape index (κ3) is 5.84. The van der Waals surface area contributed by atoms with Crippen molar-refractivity contribution in [2.75, 3.05) is 26.7 Å². The molecule has 1 rings (SSSR count). The lowest BCUT2D eigenvalue weighted by molar-refractivity contribution is -0.133. The molecule has 23 heavy (non-hydrogen) atoms. The predicted octanol–water partition coefficient (Wildman–Crippen LogP) is 2.14. The van der Waals surface area contributed by atoms with E-state index in [9.17, 15) is 9.59 Å². The van der Waals surface area contributed by atoms with E-state index in [4.69, 9.17) is 11.6 Å². The van der Waals surface area contributed by atoms with Crippen LogP contribution in [0.15, 0.2) is 24.3 Å². The molecular formula is C17H26ClN3O2. The van der Waals surface area contributed by atoms with Crippen LogP contribution in [0.2, 0.25) is 5.02 Å². The van der Waals surface area contributed by atoms with Crippen LogP contribution in [0.5, 0.6) is 0 Å². The van der Waals surface area contributed by atoms with Gasteiger partial charge in [-0.3, -0.25) is 14.5 Å². The zero-order valence-corrected chi connectivity index (χ0v) is 15.1. The van der Waals surface area contributed by atoms with Crippen molar-refractivity contribution < 1.29 is 9.59 Å². The van der Waals surface area contributed by atoms with Crippen molar-refractivity contribution in [3.63, 3.8) is 0 Å². The number of rotatable bonds is 8. The summed E-state index contributed by atoms with van der Waals surface area (Å²) in [7, 11) is 1.78. The number of nitrogens with zero attached hydrogens (tertiary/aromatic N) is 2. The van der Waals surface area contributed by atoms with Crippen molar-refractivity contribution in [2.45, 2.75) is 33.4 Å². The Labute approximate surface area is 143 Å². The summed E-state index contributed by atoms with van der Waals surface area (Å²) in [5, 5.41) is 3.49. The van der Waals surface area contributed by atoms with E-state index in [-0.39, 0.29) is 18.4 Å². The van der Waals surface area contributed by atoms with Crippen molar-refractivity contribution in [3.05, 3.63) is 34.9 Å². The summed E-state index contributed by atoms with van der Waals surface area (Å²) in [6, 6.07) is 7.01. The molecule has 1 aromatic carbocycles. The zero-order chi connectivity index (χ0) is 17.4. The fraction of sp³-hybridized carbons (Fsp3) is 0.529. The summed E-state index contributed by atoms with van der Waals surface area (Å²) in [5.41, 5.74) is 0.872. The third-order valence-corrected chi connectivity index (χ3v) is 4.32. The van der Waals surface area contributed by atoms with E-state index >= 15 is 0 Å². The highest BCUT2D eigenvalue weighted by Gasteiger charge is 2.21. The standard InChI is InChI=1S/C17H26ClN3O2/c1-5-21(6-2)16(22)12-20(4)13(3)17(23)19-11-14-9-7-8-10-15(14)18/h7-10,13H,5-6,11-12H2,1-4H3,(H,19,23). The highest BCUT2D eigenvalue weighted by Crippen LogP contribution is 2.14. The summed E-state index contributed by atoms with van der Waals surface area (Å²) < 4.78 is 0. The summed E-state index contributed by atoms with van der Waals surface area (Å²) >= 11 is 6.07. The Hall–Kier alpha value is -1.59. The van der Waals surface area contributed by atoms with Crippen molar-refractivity contribution in [1.82, 2.24) is 15.1 Å². The Kier molecular flexibility index (Phi) is 8.06. The molecule has 0 aliphatic carbocycles. The lowest BCUT2D eigenvalue weighted by Gasteiger charge is -2.26. The SMILES string of the molecule is CCN(CC)C(=O)CN(C)C(C)C(=O)NCc1ccccc1Cl. The van der Waals surface area contributed by atoms with Gasteiger partial charge in [-0.15, -0.1) is 0 Å². The quantitative estimate of drug-likeness (QED) is 0.789. The van der Waals surface area contributed by atoms with Crippen LogP contribution in [0.3, 0.4) is 0 Å². The maximum absolute atomic E-state index is 12.2. The second-order valence-electron chi connectivity index (χ2n) is 5.47. The number of benzene rings is 1. The molecule has 0 aliphatic heterocycles. The summed E-state index contributed by atoms with van der Waals surface area (Å²) in [6.07, 6.45) is 0. The summed E-state index contributed by atoms with van der Waals surface area (Å²) in [6.45, 7) is 7.63. The molecule has 0 bridgehead atoms. The topological polar surface area (TPSA) is 52.7 Å². The lowest BCUT2D eigenvalue weighted by atomic mass is 10.2. The van der Waals surface area contributed by atoms with Gasteiger partial charge in [0, 0.05) is 24.7 Å². The van der Waals surface area contributed by atoms with Crippen molar-refractivity contribution in [3.8, 4) is 0 Å². The highest BCUT2D eigenvalue weighted by atomic mass is 35.5. The van der Waals surface area contributed by atoms with Gasteiger partial charge in [0.2, 0.25) is 11.8 Å². The van der Waals surface area contributed by atoms with Gasteiger partial charge in [-0.05, 0) is 39.4 Å². The van der Waals surface area contributed by atoms with E-state index < -0.39 is 6.04 Å². The molecule has 0 aromatic heterocycles. The van der Waals surface area contributed by atoms with Crippen molar-refractivity contribution in [1.29, 1.82) is 0 Å². The van der Waals surface area contributed by atoms with Crippen LogP contribution in [0.4, 0.5) is 0 Å². The smallest absolute Gasteiger partial charge is 0.237 e. The molecule has 5 nitrogen and oxygen atoms in total. The number of likely N-dealkylation sites (N-methyl/N-ethyl adjacent to an activating group) is 2. The van der Waals surface area contributed by atoms with E-state index in [2.05, 4.69) is 5.32 Å². The van der Waals surface area contributed by atoms with Crippen molar-refractivity contribution >= 4 is 23.4 Å². The van der Waals surface area contributed by atoms with E-state index in [1.807, 2.05) is 32.0 Å². The Morgan fingerprint density at radius 1 is 1.22 bits per heavy atom. The van der Waals surface area contributed by atoms with Crippen LogP contribution in [0, 0.1) is 0 Å². The first-order valence-corrected chi connectivity index (χ1v) is 8.27. The first kappa shape index (κ1) is 19.5. The molecule has 1 aromatic rings. The minimum absolute atomic E-state index is 0.0308. The fourth-order valence-corrected chi connectivity index (χ4v) is 2.40. The van der Waals surface area contributed by atoms with Gasteiger partial charge in [0.15, 0.2) is 0 Å². The lowest BCUT2D eigenvalue weighted by Crippen LogP contribution is -2.47. The molecule has 0 heterocycles. The van der Waals surface area contributed by atoms with E-state index in [1.54, 1.807) is 29.8 Å². The molecule has 0 aliphatic rings. The van der Waals surface area contributed by atoms with Gasteiger partial charge in [-0.1, -0.05) is 29.8 Å². The number of halogens is 1. The summed E-state index contributed by atoms with van der Waals surface area (Å²) in [5.74, 6) is -0.0944. The molecule has 0 radical (unpaired) electrons. The molecular weight excluding hydrogens is 314 g/mol. The Morgan fingerprint density at radius 2 is 1.83 bits per heavy atom. The van der Waals surface area contributed by atoms with Crippen LogP contribution in [-0.4, -0.2) is 54.3 Å². The first-order chi connectivity index (χ1) is 10.9. The van der Waals surface area contributed by atoms with Crippen LogP contribution in [0.1, 0.15) is 26.3 Å². The van der Waals surface area contributed by atoms with Gasteiger partial charge in [0.25, 0.3) is 0 Å². The molecule has 1 unspecified atom stereocenters. The number of carbonyl (C=O) groups excluding carboxylic acids is 2. The molecule has 2 amide bonds. The number of nitrogens with one attached hydrogen (secondary N) is 1. The van der Waals surface area contributed by atoms with Crippen LogP contribution < -0.4 is 5.32 Å². The highest BCUT2D eigenvalue weighted by molar-refractivity contribution is 6.31. The van der Waals surface area contributed by atoms with Gasteiger partial charge in [-0.2, -0.15) is 0 Å². The van der Waals surface area contributed by atoms with E-state index in [1.165, 1.54) is 0 Å². The Bertz CT molecular complexity index is 532. The second-order valence-corrected chi connectivity index (χ2v) is 5.87. The molecule has 128 valence electrons. The average Bonchev–Trinajstić information content (AvgIpc) is 2.54. The number of carbonyl (C=O) groups is 2. The van der Waals surface area contributed by atoms with Crippen LogP contribution in [-0.2, 0) is 16.1 Å². The van der Waals surface area contributed by atoms with Crippen LogP contribution >= 0.6 is 11.6 Å². The molecule has 1 atom stereocenters. The molecule has 6 heteroatoms. The fourth-order valence-electron chi connectivity index (χ4n) is 2.20. The minimum atomic E-state index is -0.392. The van der Waals surface area contributed by atoms with Gasteiger partial charge in [0.1, 0.15) is 0 Å². The number of amides is 2. The number of hydrogen-bond acceptors (Lipinski definition) is 3. The van der Waals surface area contributed by atoms with Crippen molar-refractivity contribution in [2.24, 2.45) is 0 Å². The van der Waals surface area contributed by atoms with E-state index in [0.29, 0.717) is 24.7 Å². The Balaban J connectivity index is 2.52. The number of hydrogen-bond donors (Lipinski definition) is 1. The molecule has 0 saturated heterocycles. The monoisotopic (exact) mass is 339 g/mol. The average molecular weight is 340 g/mol. The Morgan fingerprint density at radius 3 is 2.39 bits per heavy atom. The maximum Gasteiger partial charge on any atom is 0.237 e. The third-order valence-electron chi connectivity index (χ3n) is 3.95. The molecule has 0 saturated carbocycles. The zero-order valence-electron chi connectivity index (χ0n) is 14.3. The molecule has 0 fully saturated rings.